The molecule has 1 aromatic heterocycles. The molecule has 2 N–H and O–H groups in total. The Hall–Kier alpha value is -1.38. The third-order valence-corrected chi connectivity index (χ3v) is 6.23. The second kappa shape index (κ2) is 5.11. The third kappa shape index (κ3) is 2.37. The molecule has 116 valence electrons. The van der Waals surface area contributed by atoms with Crippen LogP contribution >= 0.6 is 0 Å². The van der Waals surface area contributed by atoms with Crippen molar-refractivity contribution in [1.29, 1.82) is 0 Å². The number of amides is 1. The first kappa shape index (κ1) is 14.6. The molecule has 3 heterocycles. The van der Waals surface area contributed by atoms with Gasteiger partial charge in [0.15, 0.2) is 0 Å². The van der Waals surface area contributed by atoms with Crippen LogP contribution in [0.2, 0.25) is 0 Å². The Morgan fingerprint density at radius 1 is 1.33 bits per heavy atom. The summed E-state index contributed by atoms with van der Waals surface area (Å²) in [5.41, 5.74) is 0.345. The SMILES string of the molecule is CNC(=O)c1cc(S(=O)(=O)N2CC3CNCC3C2)cn1C. The summed E-state index contributed by atoms with van der Waals surface area (Å²) in [4.78, 5) is 11.9. The van der Waals surface area contributed by atoms with Gasteiger partial charge in [-0.1, -0.05) is 0 Å². The summed E-state index contributed by atoms with van der Waals surface area (Å²) in [5, 5.41) is 5.81. The summed E-state index contributed by atoms with van der Waals surface area (Å²) in [6.45, 7) is 2.89. The average Bonchev–Trinajstić information content (AvgIpc) is 3.10. The zero-order valence-corrected chi connectivity index (χ0v) is 13.0. The summed E-state index contributed by atoms with van der Waals surface area (Å²) in [5.74, 6) is 0.519. The largest absolute Gasteiger partial charge is 0.354 e. The molecule has 8 heteroatoms. The molecule has 2 atom stereocenters. The predicted molar refractivity (Wildman–Crippen MR) is 77.4 cm³/mol. The molecule has 2 saturated heterocycles. The molecule has 2 aliphatic rings. The van der Waals surface area contributed by atoms with E-state index in [9.17, 15) is 13.2 Å². The topological polar surface area (TPSA) is 83.4 Å². The van der Waals surface area contributed by atoms with Gasteiger partial charge in [0, 0.05) is 33.4 Å². The molecule has 0 saturated carbocycles. The number of hydrogen-bond donors (Lipinski definition) is 2. The molecule has 2 unspecified atom stereocenters. The Kier molecular flexibility index (Phi) is 3.54. The highest BCUT2D eigenvalue weighted by atomic mass is 32.2. The fourth-order valence-corrected chi connectivity index (χ4v) is 4.81. The van der Waals surface area contributed by atoms with Gasteiger partial charge < -0.3 is 15.2 Å². The van der Waals surface area contributed by atoms with Crippen LogP contribution in [0.15, 0.2) is 17.2 Å². The van der Waals surface area contributed by atoms with Crippen LogP contribution in [-0.2, 0) is 17.1 Å². The zero-order valence-electron chi connectivity index (χ0n) is 12.2. The highest BCUT2D eigenvalue weighted by Gasteiger charge is 2.41. The van der Waals surface area contributed by atoms with Crippen LogP contribution in [0.5, 0.6) is 0 Å². The standard InChI is InChI=1S/C13H20N4O3S/c1-14-13(18)12-3-11(8-16(12)2)21(19,20)17-6-9-4-15-5-10(9)7-17/h3,8-10,15H,4-7H2,1-2H3,(H,14,18). The molecule has 0 bridgehead atoms. The summed E-state index contributed by atoms with van der Waals surface area (Å²) < 4.78 is 28.5. The van der Waals surface area contributed by atoms with Crippen LogP contribution in [0.4, 0.5) is 0 Å². The predicted octanol–water partition coefficient (Wildman–Crippen LogP) is -0.775. The minimum absolute atomic E-state index is 0.191. The first-order valence-electron chi connectivity index (χ1n) is 7.03. The van der Waals surface area contributed by atoms with Gasteiger partial charge in [-0.3, -0.25) is 4.79 Å². The lowest BCUT2D eigenvalue weighted by Crippen LogP contribution is -2.31. The van der Waals surface area contributed by atoms with E-state index in [1.54, 1.807) is 15.9 Å². The number of rotatable bonds is 3. The van der Waals surface area contributed by atoms with E-state index in [1.807, 2.05) is 0 Å². The van der Waals surface area contributed by atoms with E-state index in [-0.39, 0.29) is 10.8 Å². The molecule has 0 spiro atoms. The zero-order chi connectivity index (χ0) is 15.2. The van der Waals surface area contributed by atoms with Crippen molar-refractivity contribution in [2.75, 3.05) is 33.2 Å². The number of aromatic nitrogens is 1. The van der Waals surface area contributed by atoms with Gasteiger partial charge >= 0.3 is 0 Å². The summed E-state index contributed by atoms with van der Waals surface area (Å²) in [6, 6.07) is 1.44. The van der Waals surface area contributed by atoms with Crippen LogP contribution in [0, 0.1) is 11.8 Å². The van der Waals surface area contributed by atoms with Gasteiger partial charge in [-0.15, -0.1) is 0 Å². The molecule has 1 aromatic rings. The number of fused-ring (bicyclic) bond motifs is 1. The fraction of sp³-hybridized carbons (Fsp3) is 0.615. The maximum Gasteiger partial charge on any atom is 0.267 e. The van der Waals surface area contributed by atoms with Crippen molar-refractivity contribution in [2.45, 2.75) is 4.90 Å². The van der Waals surface area contributed by atoms with Gasteiger partial charge in [0.2, 0.25) is 10.0 Å². The Morgan fingerprint density at radius 3 is 2.52 bits per heavy atom. The smallest absolute Gasteiger partial charge is 0.267 e. The van der Waals surface area contributed by atoms with Crippen molar-refractivity contribution in [3.63, 3.8) is 0 Å². The van der Waals surface area contributed by atoms with Gasteiger partial charge in [0.1, 0.15) is 10.6 Å². The number of hydrogen-bond acceptors (Lipinski definition) is 4. The molecule has 3 rings (SSSR count). The summed E-state index contributed by atoms with van der Waals surface area (Å²) in [6.07, 6.45) is 1.51. The highest BCUT2D eigenvalue weighted by molar-refractivity contribution is 7.89. The van der Waals surface area contributed by atoms with Crippen molar-refractivity contribution in [3.8, 4) is 0 Å². The average molecular weight is 312 g/mol. The van der Waals surface area contributed by atoms with Crippen molar-refractivity contribution in [1.82, 2.24) is 19.5 Å². The summed E-state index contributed by atoms with van der Waals surface area (Å²) in [7, 11) is -0.321. The van der Waals surface area contributed by atoms with Gasteiger partial charge in [0.25, 0.3) is 5.91 Å². The van der Waals surface area contributed by atoms with E-state index in [0.29, 0.717) is 30.6 Å². The molecular weight excluding hydrogens is 292 g/mol. The first-order chi connectivity index (χ1) is 9.93. The fourth-order valence-electron chi connectivity index (χ4n) is 3.19. The van der Waals surface area contributed by atoms with Gasteiger partial charge in [-0.2, -0.15) is 4.31 Å². The number of carbonyl (C=O) groups excluding carboxylic acids is 1. The number of nitrogens with one attached hydrogen (secondary N) is 2. The minimum atomic E-state index is -3.52. The van der Waals surface area contributed by atoms with Crippen LogP contribution < -0.4 is 10.6 Å². The molecule has 2 aliphatic heterocycles. The lowest BCUT2D eigenvalue weighted by molar-refractivity contribution is 0.0955. The molecule has 7 nitrogen and oxygen atoms in total. The quantitative estimate of drug-likeness (QED) is 0.767. The number of carbonyl (C=O) groups is 1. The Morgan fingerprint density at radius 2 is 1.95 bits per heavy atom. The molecule has 0 radical (unpaired) electrons. The molecular formula is C13H20N4O3S. The van der Waals surface area contributed by atoms with Crippen molar-refractivity contribution in [2.24, 2.45) is 18.9 Å². The monoisotopic (exact) mass is 312 g/mol. The Balaban J connectivity index is 1.87. The van der Waals surface area contributed by atoms with E-state index in [0.717, 1.165) is 13.1 Å². The van der Waals surface area contributed by atoms with Crippen molar-refractivity contribution < 1.29 is 13.2 Å². The van der Waals surface area contributed by atoms with Gasteiger partial charge in [0.05, 0.1) is 0 Å². The van der Waals surface area contributed by atoms with Crippen molar-refractivity contribution in [3.05, 3.63) is 18.0 Å². The molecule has 21 heavy (non-hydrogen) atoms. The molecule has 2 fully saturated rings. The van der Waals surface area contributed by atoms with E-state index in [4.69, 9.17) is 0 Å². The third-order valence-electron chi connectivity index (χ3n) is 4.43. The minimum Gasteiger partial charge on any atom is -0.354 e. The van der Waals surface area contributed by atoms with E-state index in [1.165, 1.54) is 19.3 Å². The maximum atomic E-state index is 12.7. The lowest BCUT2D eigenvalue weighted by Gasteiger charge is -2.16. The van der Waals surface area contributed by atoms with E-state index < -0.39 is 10.0 Å². The number of aryl methyl sites for hydroxylation is 1. The van der Waals surface area contributed by atoms with E-state index >= 15 is 0 Å². The van der Waals surface area contributed by atoms with Gasteiger partial charge in [-0.25, -0.2) is 8.42 Å². The van der Waals surface area contributed by atoms with Crippen LogP contribution in [0.3, 0.4) is 0 Å². The lowest BCUT2D eigenvalue weighted by atomic mass is 10.0. The second-order valence-electron chi connectivity index (χ2n) is 5.75. The molecule has 1 amide bonds. The first-order valence-corrected chi connectivity index (χ1v) is 8.47. The second-order valence-corrected chi connectivity index (χ2v) is 7.69. The van der Waals surface area contributed by atoms with Crippen molar-refractivity contribution >= 4 is 15.9 Å². The number of sulfonamides is 1. The Bertz CT molecular complexity index is 655. The van der Waals surface area contributed by atoms with Gasteiger partial charge in [-0.05, 0) is 31.0 Å². The number of nitrogens with zero attached hydrogens (tertiary/aromatic N) is 2. The normalized spacial score (nSPS) is 26.0. The maximum absolute atomic E-state index is 12.7. The molecule has 0 aromatic carbocycles. The van der Waals surface area contributed by atoms with Crippen LogP contribution in [0.1, 0.15) is 10.5 Å². The Labute approximate surface area is 124 Å². The van der Waals surface area contributed by atoms with Crippen LogP contribution in [-0.4, -0.2) is 56.4 Å². The van der Waals surface area contributed by atoms with Crippen LogP contribution in [0.25, 0.3) is 0 Å². The summed E-state index contributed by atoms with van der Waals surface area (Å²) >= 11 is 0. The van der Waals surface area contributed by atoms with E-state index in [2.05, 4.69) is 10.6 Å². The highest BCUT2D eigenvalue weighted by Crippen LogP contribution is 2.31. The molecule has 0 aliphatic carbocycles.